The highest BCUT2D eigenvalue weighted by Gasteiger charge is 2.67. The molecule has 1 atom stereocenters. The van der Waals surface area contributed by atoms with Gasteiger partial charge in [-0.1, -0.05) is 26.0 Å². The van der Waals surface area contributed by atoms with Crippen LogP contribution in [0.5, 0.6) is 0 Å². The lowest BCUT2D eigenvalue weighted by Gasteiger charge is -2.18. The Morgan fingerprint density at radius 1 is 0.861 bits per heavy atom. The highest BCUT2D eigenvalue weighted by molar-refractivity contribution is 5.97. The Morgan fingerprint density at radius 3 is 2.58 bits per heavy atom. The van der Waals surface area contributed by atoms with E-state index in [1.807, 2.05) is 0 Å². The van der Waals surface area contributed by atoms with Crippen molar-refractivity contribution >= 4 is 11.0 Å². The molecule has 0 radical (unpaired) electrons. The molecule has 5 aromatic rings. The Balaban J connectivity index is 1.59. The van der Waals surface area contributed by atoms with E-state index in [1.165, 1.54) is 74.3 Å². The Labute approximate surface area is 211 Å². The lowest BCUT2D eigenvalue weighted by atomic mass is 9.88. The lowest BCUT2D eigenvalue weighted by Crippen LogP contribution is -2.71. The van der Waals surface area contributed by atoms with Gasteiger partial charge < -0.3 is 4.42 Å². The summed E-state index contributed by atoms with van der Waals surface area (Å²) in [5.41, 5.74) is 12.5. The van der Waals surface area contributed by atoms with Crippen molar-refractivity contribution < 1.29 is 13.6 Å². The van der Waals surface area contributed by atoms with Crippen LogP contribution in [0.25, 0.3) is 33.5 Å². The molecule has 3 heteroatoms. The smallest absolute Gasteiger partial charge is 0.417 e. The number of hydrogen-bond donors (Lipinski definition) is 0. The molecule has 1 spiro atoms. The first kappa shape index (κ1) is 20.5. The van der Waals surface area contributed by atoms with Crippen molar-refractivity contribution in [1.82, 2.24) is 0 Å². The van der Waals surface area contributed by atoms with Gasteiger partial charge in [-0.25, -0.2) is 0 Å². The van der Waals surface area contributed by atoms with Crippen LogP contribution in [0, 0.1) is 6.92 Å². The molecular formula is C33H30N2O+2. The van der Waals surface area contributed by atoms with Crippen molar-refractivity contribution in [2.45, 2.75) is 58.0 Å². The van der Waals surface area contributed by atoms with Crippen molar-refractivity contribution in [2.75, 3.05) is 0 Å². The summed E-state index contributed by atoms with van der Waals surface area (Å²) in [7, 11) is 0. The Kier molecular flexibility index (Phi) is 3.95. The number of benzene rings is 2. The van der Waals surface area contributed by atoms with Crippen LogP contribution in [0.1, 0.15) is 66.2 Å². The first-order chi connectivity index (χ1) is 17.6. The van der Waals surface area contributed by atoms with Crippen LogP contribution >= 0.6 is 0 Å². The van der Waals surface area contributed by atoms with E-state index in [-0.39, 0.29) is 0 Å². The molecule has 0 amide bonds. The summed E-state index contributed by atoms with van der Waals surface area (Å²) in [6.45, 7) is 6.86. The van der Waals surface area contributed by atoms with Crippen molar-refractivity contribution in [3.63, 3.8) is 0 Å². The maximum atomic E-state index is 6.76. The fourth-order valence-electron chi connectivity index (χ4n) is 7.34. The van der Waals surface area contributed by atoms with Crippen molar-refractivity contribution in [3.05, 3.63) is 107 Å². The number of pyridine rings is 2. The van der Waals surface area contributed by atoms with Crippen LogP contribution in [0.15, 0.2) is 77.5 Å². The van der Waals surface area contributed by atoms with Gasteiger partial charge in [-0.2, -0.15) is 0 Å². The third kappa shape index (κ3) is 2.30. The van der Waals surface area contributed by atoms with E-state index in [0.717, 1.165) is 18.4 Å². The summed E-state index contributed by atoms with van der Waals surface area (Å²) >= 11 is 0. The average Bonchev–Trinajstić information content (AvgIpc) is 3.51. The molecule has 0 bridgehead atoms. The summed E-state index contributed by atoms with van der Waals surface area (Å²) in [4.78, 5) is 0. The zero-order valence-corrected chi connectivity index (χ0v) is 21.1. The molecular weight excluding hydrogens is 440 g/mol. The fourth-order valence-corrected chi connectivity index (χ4v) is 7.34. The topological polar surface area (TPSA) is 20.9 Å². The van der Waals surface area contributed by atoms with Crippen LogP contribution in [-0.2, 0) is 18.5 Å². The lowest BCUT2D eigenvalue weighted by molar-refractivity contribution is -0.955. The number of aromatic nitrogens is 2. The summed E-state index contributed by atoms with van der Waals surface area (Å²) in [6, 6.07) is 22.7. The molecule has 0 fully saturated rings. The van der Waals surface area contributed by atoms with Crippen molar-refractivity contribution in [2.24, 2.45) is 0 Å². The van der Waals surface area contributed by atoms with Gasteiger partial charge in [-0.15, -0.1) is 9.13 Å². The minimum atomic E-state index is -0.476. The fraction of sp³-hybridized carbons (Fsp3) is 0.273. The number of nitrogens with zero attached hydrogens (tertiary/aromatic N) is 2. The number of aryl methyl sites for hydroxylation is 3. The molecule has 2 aliphatic heterocycles. The third-order valence-corrected chi connectivity index (χ3v) is 8.85. The van der Waals surface area contributed by atoms with Gasteiger partial charge in [-0.05, 0) is 68.0 Å². The van der Waals surface area contributed by atoms with Crippen molar-refractivity contribution in [3.8, 4) is 22.5 Å². The van der Waals surface area contributed by atoms with E-state index < -0.39 is 5.66 Å². The van der Waals surface area contributed by atoms with Gasteiger partial charge in [0.25, 0.3) is 0 Å². The molecule has 176 valence electrons. The SMILES string of the molecule is Cc1cc2[n+](cc1C(C)C)C1(c3ccccc3-c3cccc[n+]31)c1ccc3c4c(oc3c1-2)CCCC4. The molecule has 1 unspecified atom stereocenters. The van der Waals surface area contributed by atoms with Gasteiger partial charge in [0.05, 0.1) is 5.56 Å². The number of rotatable bonds is 1. The molecule has 0 saturated carbocycles. The third-order valence-electron chi connectivity index (χ3n) is 8.85. The predicted octanol–water partition coefficient (Wildman–Crippen LogP) is 6.58. The molecule has 0 N–H and O–H groups in total. The van der Waals surface area contributed by atoms with Gasteiger partial charge in [0.15, 0.2) is 12.4 Å². The molecule has 0 saturated heterocycles. The van der Waals surface area contributed by atoms with Gasteiger partial charge in [-0.3, -0.25) is 0 Å². The molecule has 1 aliphatic carbocycles. The molecule has 5 heterocycles. The Morgan fingerprint density at radius 2 is 1.69 bits per heavy atom. The normalized spacial score (nSPS) is 18.9. The second kappa shape index (κ2) is 6.94. The summed E-state index contributed by atoms with van der Waals surface area (Å²) in [5, 5.41) is 1.31. The van der Waals surface area contributed by atoms with Crippen LogP contribution in [0.3, 0.4) is 0 Å². The van der Waals surface area contributed by atoms with Gasteiger partial charge >= 0.3 is 5.66 Å². The molecule has 36 heavy (non-hydrogen) atoms. The van der Waals surface area contributed by atoms with E-state index in [2.05, 4.69) is 103 Å². The highest BCUT2D eigenvalue weighted by atomic mass is 16.3. The van der Waals surface area contributed by atoms with Crippen LogP contribution < -0.4 is 9.13 Å². The summed E-state index contributed by atoms with van der Waals surface area (Å²) in [6.07, 6.45) is 9.33. The van der Waals surface area contributed by atoms with E-state index in [1.54, 1.807) is 0 Å². The number of hydrogen-bond acceptors (Lipinski definition) is 1. The zero-order valence-electron chi connectivity index (χ0n) is 21.1. The van der Waals surface area contributed by atoms with Gasteiger partial charge in [0.2, 0.25) is 11.4 Å². The van der Waals surface area contributed by atoms with Crippen LogP contribution in [0.4, 0.5) is 0 Å². The standard InChI is InChI=1S/C33H30N2O/c1-20(2)25-19-35-29(18-21(25)3)31-27(16-15-23-22-10-5-7-14-30(22)36-32(23)31)33(35)26-12-6-4-11-24(26)28-13-8-9-17-34(28)33/h4,6,8-9,11-13,15-20H,5,7,10,14H2,1-3H3/q+2. The summed E-state index contributed by atoms with van der Waals surface area (Å²) in [5.74, 6) is 1.64. The van der Waals surface area contributed by atoms with E-state index >= 15 is 0 Å². The van der Waals surface area contributed by atoms with E-state index in [4.69, 9.17) is 4.42 Å². The molecule has 3 aliphatic rings. The molecule has 3 nitrogen and oxygen atoms in total. The second-order valence-corrected chi connectivity index (χ2v) is 11.1. The van der Waals surface area contributed by atoms with Crippen molar-refractivity contribution in [1.29, 1.82) is 0 Å². The highest BCUT2D eigenvalue weighted by Crippen LogP contribution is 2.50. The second-order valence-electron chi connectivity index (χ2n) is 11.1. The minimum Gasteiger partial charge on any atom is -0.460 e. The number of furan rings is 1. The first-order valence-corrected chi connectivity index (χ1v) is 13.4. The Bertz CT molecular complexity index is 1690. The zero-order chi connectivity index (χ0) is 24.2. The van der Waals surface area contributed by atoms with Gasteiger partial charge in [0.1, 0.15) is 28.0 Å². The predicted molar refractivity (Wildman–Crippen MR) is 141 cm³/mol. The van der Waals surface area contributed by atoms with E-state index in [9.17, 15) is 0 Å². The molecule has 3 aromatic heterocycles. The molecule has 8 rings (SSSR count). The summed E-state index contributed by atoms with van der Waals surface area (Å²) < 4.78 is 11.8. The monoisotopic (exact) mass is 470 g/mol. The Hall–Kier alpha value is -3.72. The van der Waals surface area contributed by atoms with Crippen LogP contribution in [-0.4, -0.2) is 0 Å². The first-order valence-electron chi connectivity index (χ1n) is 13.4. The average molecular weight is 471 g/mol. The largest absolute Gasteiger partial charge is 0.460 e. The van der Waals surface area contributed by atoms with E-state index in [0.29, 0.717) is 5.92 Å². The maximum Gasteiger partial charge on any atom is 0.417 e. The van der Waals surface area contributed by atoms with Gasteiger partial charge in [0, 0.05) is 41.1 Å². The van der Waals surface area contributed by atoms with Crippen LogP contribution in [0.2, 0.25) is 0 Å². The number of fused-ring (bicyclic) bond motifs is 14. The minimum absolute atomic E-state index is 0.441. The maximum absolute atomic E-state index is 6.76. The quantitative estimate of drug-likeness (QED) is 0.248. The molecule has 2 aromatic carbocycles.